The molecular weight excluding hydrogens is 334 g/mol. The van der Waals surface area contributed by atoms with Crippen LogP contribution in [0.5, 0.6) is 0 Å². The molecule has 1 fully saturated rings. The predicted molar refractivity (Wildman–Crippen MR) is 102 cm³/mol. The highest BCUT2D eigenvalue weighted by atomic mass is 35.5. The molecule has 132 valence electrons. The minimum atomic E-state index is -0.149. The Morgan fingerprint density at radius 1 is 1.04 bits per heavy atom. The molecule has 2 aromatic rings. The van der Waals surface area contributed by atoms with Gasteiger partial charge in [-0.1, -0.05) is 54.1 Å². The predicted octanol–water partition coefficient (Wildman–Crippen LogP) is 1.87. The van der Waals surface area contributed by atoms with Crippen molar-refractivity contribution < 1.29 is 9.69 Å². The number of likely N-dealkylation sites (N-methyl/N-ethyl adjacent to an activating group) is 1. The van der Waals surface area contributed by atoms with Gasteiger partial charge >= 0.3 is 0 Å². The number of nitrogens with one attached hydrogen (secondary N) is 1. The van der Waals surface area contributed by atoms with E-state index in [1.165, 1.54) is 4.90 Å². The smallest absolute Gasteiger partial charge is 0.285 e. The number of amides is 1. The Bertz CT molecular complexity index is 712. The molecule has 25 heavy (non-hydrogen) atoms. The normalized spacial score (nSPS) is 16.5. The van der Waals surface area contributed by atoms with Gasteiger partial charge in [0.15, 0.2) is 6.04 Å². The number of piperazine rings is 1. The van der Waals surface area contributed by atoms with Gasteiger partial charge in [-0.25, -0.2) is 0 Å². The zero-order valence-corrected chi connectivity index (χ0v) is 15.5. The third-order valence-corrected chi connectivity index (χ3v) is 5.15. The Hall–Kier alpha value is -2.04. The molecule has 1 saturated heterocycles. The summed E-state index contributed by atoms with van der Waals surface area (Å²) in [5.41, 5.74) is 2.17. The third kappa shape index (κ3) is 3.97. The fraction of sp³-hybridized carbons (Fsp3) is 0.350. The number of nitrogens with zero attached hydrogens (tertiary/aromatic N) is 2. The largest absolute Gasteiger partial charge is 0.359 e. The lowest BCUT2D eigenvalue weighted by Gasteiger charge is -2.38. The highest BCUT2D eigenvalue weighted by Crippen LogP contribution is 2.25. The van der Waals surface area contributed by atoms with Gasteiger partial charge in [0.2, 0.25) is 0 Å². The van der Waals surface area contributed by atoms with Gasteiger partial charge in [-0.15, -0.1) is 0 Å². The highest BCUT2D eigenvalue weighted by molar-refractivity contribution is 6.33. The first-order valence-corrected chi connectivity index (χ1v) is 9.06. The van der Waals surface area contributed by atoms with Crippen molar-refractivity contribution in [1.29, 1.82) is 0 Å². The summed E-state index contributed by atoms with van der Waals surface area (Å²) in [4.78, 5) is 18.1. The van der Waals surface area contributed by atoms with Crippen LogP contribution in [0, 0.1) is 0 Å². The maximum absolute atomic E-state index is 12.8. The Morgan fingerprint density at radius 3 is 2.24 bits per heavy atom. The summed E-state index contributed by atoms with van der Waals surface area (Å²) >= 11 is 6.34. The van der Waals surface area contributed by atoms with E-state index in [4.69, 9.17) is 11.6 Å². The van der Waals surface area contributed by atoms with Gasteiger partial charge in [-0.3, -0.25) is 4.79 Å². The summed E-state index contributed by atoms with van der Waals surface area (Å²) in [5, 5.41) is 0.787. The van der Waals surface area contributed by atoms with Crippen molar-refractivity contribution in [3.63, 3.8) is 0 Å². The first kappa shape index (κ1) is 17.8. The Kier molecular flexibility index (Phi) is 5.61. The van der Waals surface area contributed by atoms with Gasteiger partial charge in [0.25, 0.3) is 5.91 Å². The van der Waals surface area contributed by atoms with Gasteiger partial charge in [-0.05, 0) is 12.1 Å². The molecule has 1 amide bonds. The lowest BCUT2D eigenvalue weighted by molar-refractivity contribution is -0.922. The lowest BCUT2D eigenvalue weighted by atomic mass is 10.0. The van der Waals surface area contributed by atoms with Crippen LogP contribution in [-0.4, -0.2) is 51.1 Å². The van der Waals surface area contributed by atoms with E-state index in [2.05, 4.69) is 23.1 Å². The van der Waals surface area contributed by atoms with Crippen molar-refractivity contribution in [1.82, 2.24) is 4.90 Å². The molecule has 0 radical (unpaired) electrons. The molecule has 3 rings (SSSR count). The number of hydrogen-bond donors (Lipinski definition) is 1. The van der Waals surface area contributed by atoms with Crippen LogP contribution < -0.4 is 9.80 Å². The molecule has 5 heteroatoms. The molecular formula is C20H25ClN3O+. The molecule has 0 aliphatic carbocycles. The molecule has 0 saturated carbocycles. The van der Waals surface area contributed by atoms with Crippen LogP contribution in [-0.2, 0) is 4.79 Å². The molecule has 4 nitrogen and oxygen atoms in total. The van der Waals surface area contributed by atoms with E-state index in [0.29, 0.717) is 0 Å². The first-order chi connectivity index (χ1) is 12.1. The Morgan fingerprint density at radius 2 is 1.64 bits per heavy atom. The van der Waals surface area contributed by atoms with Crippen molar-refractivity contribution in [2.24, 2.45) is 0 Å². The second kappa shape index (κ2) is 7.89. The molecule has 1 heterocycles. The molecule has 2 aromatic carbocycles. The average molecular weight is 359 g/mol. The van der Waals surface area contributed by atoms with Crippen LogP contribution in [0.2, 0.25) is 5.02 Å². The van der Waals surface area contributed by atoms with Crippen LogP contribution in [0.15, 0.2) is 54.6 Å². The number of hydrogen-bond acceptors (Lipinski definition) is 2. The maximum Gasteiger partial charge on any atom is 0.285 e. The number of carbonyl (C=O) groups is 1. The monoisotopic (exact) mass is 358 g/mol. The number of quaternary nitrogens is 1. The molecule has 1 atom stereocenters. The van der Waals surface area contributed by atoms with Crippen LogP contribution >= 0.6 is 11.6 Å². The van der Waals surface area contributed by atoms with Crippen molar-refractivity contribution in [3.05, 3.63) is 65.2 Å². The van der Waals surface area contributed by atoms with Crippen LogP contribution in [0.25, 0.3) is 0 Å². The zero-order valence-electron chi connectivity index (χ0n) is 14.8. The summed E-state index contributed by atoms with van der Waals surface area (Å²) < 4.78 is 0. The minimum Gasteiger partial charge on any atom is -0.359 e. The summed E-state index contributed by atoms with van der Waals surface area (Å²) in [7, 11) is 3.66. The second-order valence-electron chi connectivity index (χ2n) is 6.67. The first-order valence-electron chi connectivity index (χ1n) is 8.68. The van der Waals surface area contributed by atoms with E-state index in [-0.39, 0.29) is 11.9 Å². The standard InChI is InChI=1S/C20H24ClN3O/c1-22(2)20(25)19(16-8-4-3-5-9-16)24-14-12-23(13-15-24)18-11-7-6-10-17(18)21/h3-11,19H,12-15H2,1-2H3/p+1/t19-/m0/s1. The quantitative estimate of drug-likeness (QED) is 0.903. The summed E-state index contributed by atoms with van der Waals surface area (Å²) in [6, 6.07) is 17.9. The third-order valence-electron chi connectivity index (χ3n) is 4.83. The van der Waals surface area contributed by atoms with Gasteiger partial charge in [-0.2, -0.15) is 0 Å². The fourth-order valence-electron chi connectivity index (χ4n) is 3.49. The van der Waals surface area contributed by atoms with E-state index >= 15 is 0 Å². The molecule has 0 unspecified atom stereocenters. The van der Waals surface area contributed by atoms with Crippen molar-refractivity contribution in [3.8, 4) is 0 Å². The fourth-order valence-corrected chi connectivity index (χ4v) is 3.74. The van der Waals surface area contributed by atoms with Gasteiger partial charge in [0, 0.05) is 19.7 Å². The minimum absolute atomic E-state index is 0.149. The van der Waals surface area contributed by atoms with Crippen molar-refractivity contribution in [2.45, 2.75) is 6.04 Å². The molecule has 1 N–H and O–H groups in total. The number of carbonyl (C=O) groups excluding carboxylic acids is 1. The van der Waals surface area contributed by atoms with E-state index in [0.717, 1.165) is 42.5 Å². The number of anilines is 1. The zero-order chi connectivity index (χ0) is 17.8. The maximum atomic E-state index is 12.8. The highest BCUT2D eigenvalue weighted by Gasteiger charge is 2.35. The Balaban J connectivity index is 1.76. The average Bonchev–Trinajstić information content (AvgIpc) is 2.64. The molecule has 1 aliphatic rings. The van der Waals surface area contributed by atoms with Crippen molar-refractivity contribution in [2.75, 3.05) is 45.2 Å². The van der Waals surface area contributed by atoms with Gasteiger partial charge < -0.3 is 14.7 Å². The topological polar surface area (TPSA) is 28.0 Å². The molecule has 0 aromatic heterocycles. The molecule has 0 bridgehead atoms. The van der Waals surface area contributed by atoms with Gasteiger partial charge in [0.05, 0.1) is 36.9 Å². The lowest BCUT2D eigenvalue weighted by Crippen LogP contribution is -3.16. The van der Waals surface area contributed by atoms with Crippen LogP contribution in [0.1, 0.15) is 11.6 Å². The second-order valence-corrected chi connectivity index (χ2v) is 7.08. The number of para-hydroxylation sites is 1. The van der Waals surface area contributed by atoms with Crippen LogP contribution in [0.3, 0.4) is 0 Å². The number of rotatable bonds is 4. The number of benzene rings is 2. The van der Waals surface area contributed by atoms with E-state index in [9.17, 15) is 4.79 Å². The molecule has 0 spiro atoms. The summed E-state index contributed by atoms with van der Waals surface area (Å²) in [6.45, 7) is 3.60. The summed E-state index contributed by atoms with van der Waals surface area (Å²) in [5.74, 6) is 0.160. The SMILES string of the molecule is CN(C)C(=O)[C@H](c1ccccc1)[NH+]1CCN(c2ccccc2Cl)CC1. The van der Waals surface area contributed by atoms with E-state index in [1.807, 2.05) is 50.5 Å². The van der Waals surface area contributed by atoms with Gasteiger partial charge in [0.1, 0.15) is 0 Å². The van der Waals surface area contributed by atoms with E-state index in [1.54, 1.807) is 4.90 Å². The number of halogens is 1. The summed E-state index contributed by atoms with van der Waals surface area (Å²) in [6.07, 6.45) is 0. The molecule has 1 aliphatic heterocycles. The van der Waals surface area contributed by atoms with E-state index < -0.39 is 0 Å². The Labute approximate surface area is 154 Å². The van der Waals surface area contributed by atoms with Crippen molar-refractivity contribution >= 4 is 23.2 Å². The van der Waals surface area contributed by atoms with Crippen LogP contribution in [0.4, 0.5) is 5.69 Å².